The Morgan fingerprint density at radius 2 is 2.25 bits per heavy atom. The van der Waals surface area contributed by atoms with Crippen LogP contribution in [0, 0.1) is 5.82 Å². The zero-order chi connectivity index (χ0) is 13.9. The highest BCUT2D eigenvalue weighted by Gasteiger charge is 2.31. The zero-order valence-corrected chi connectivity index (χ0v) is 11.8. The zero-order valence-electron chi connectivity index (χ0n) is 11.8. The average Bonchev–Trinajstić information content (AvgIpc) is 3.07. The summed E-state index contributed by atoms with van der Waals surface area (Å²) in [6, 6.07) is 6.17. The van der Waals surface area contributed by atoms with Crippen molar-refractivity contribution < 1.29 is 9.50 Å². The largest absolute Gasteiger partial charge is 0.395 e. The van der Waals surface area contributed by atoms with Crippen LogP contribution < -0.4 is 5.32 Å². The maximum absolute atomic E-state index is 13.8. The minimum Gasteiger partial charge on any atom is -0.395 e. The van der Waals surface area contributed by atoms with Crippen LogP contribution in [-0.2, 0) is 6.42 Å². The molecular formula is C16H23FN2O. The highest BCUT2D eigenvalue weighted by atomic mass is 19.1. The van der Waals surface area contributed by atoms with Gasteiger partial charge in [-0.05, 0) is 49.4 Å². The first kappa shape index (κ1) is 14.0. The molecule has 0 spiro atoms. The molecule has 1 aromatic rings. The van der Waals surface area contributed by atoms with Crippen LogP contribution in [0.4, 0.5) is 4.39 Å². The number of halogens is 1. The molecule has 1 aliphatic heterocycles. The third-order valence-electron chi connectivity index (χ3n) is 4.63. The van der Waals surface area contributed by atoms with E-state index >= 15 is 0 Å². The van der Waals surface area contributed by atoms with Crippen molar-refractivity contribution in [1.82, 2.24) is 10.2 Å². The van der Waals surface area contributed by atoms with E-state index in [0.29, 0.717) is 12.6 Å². The molecule has 0 radical (unpaired) electrons. The molecule has 3 nitrogen and oxygen atoms in total. The topological polar surface area (TPSA) is 35.5 Å². The molecule has 0 bridgehead atoms. The Morgan fingerprint density at radius 1 is 1.35 bits per heavy atom. The molecule has 0 amide bonds. The van der Waals surface area contributed by atoms with Gasteiger partial charge < -0.3 is 10.4 Å². The van der Waals surface area contributed by atoms with E-state index in [2.05, 4.69) is 10.2 Å². The second-order valence-corrected chi connectivity index (χ2v) is 5.87. The summed E-state index contributed by atoms with van der Waals surface area (Å²) >= 11 is 0. The van der Waals surface area contributed by atoms with Crippen LogP contribution in [0.3, 0.4) is 0 Å². The number of aliphatic hydroxyl groups excluding tert-OH is 1. The molecule has 0 aromatic heterocycles. The number of fused-ring (bicyclic) bond motifs is 1. The molecule has 110 valence electrons. The summed E-state index contributed by atoms with van der Waals surface area (Å²) < 4.78 is 13.8. The van der Waals surface area contributed by atoms with Gasteiger partial charge in [-0.2, -0.15) is 0 Å². The first-order valence-electron chi connectivity index (χ1n) is 7.65. The van der Waals surface area contributed by atoms with E-state index in [4.69, 9.17) is 0 Å². The lowest BCUT2D eigenvalue weighted by atomic mass is 10.1. The number of hydrogen-bond donors (Lipinski definition) is 2. The Morgan fingerprint density at radius 3 is 3.00 bits per heavy atom. The molecule has 1 fully saturated rings. The highest BCUT2D eigenvalue weighted by molar-refractivity contribution is 5.35. The van der Waals surface area contributed by atoms with E-state index in [0.717, 1.165) is 37.1 Å². The molecule has 0 saturated carbocycles. The van der Waals surface area contributed by atoms with Crippen molar-refractivity contribution in [3.05, 3.63) is 35.1 Å². The van der Waals surface area contributed by atoms with E-state index in [1.165, 1.54) is 12.8 Å². The summed E-state index contributed by atoms with van der Waals surface area (Å²) in [5.41, 5.74) is 2.00. The van der Waals surface area contributed by atoms with Crippen molar-refractivity contribution in [3.8, 4) is 0 Å². The highest BCUT2D eigenvalue weighted by Crippen LogP contribution is 2.37. The van der Waals surface area contributed by atoms with Gasteiger partial charge in [0.25, 0.3) is 0 Å². The Bertz CT molecular complexity index is 460. The van der Waals surface area contributed by atoms with Crippen molar-refractivity contribution in [3.63, 3.8) is 0 Å². The molecule has 3 rings (SSSR count). The molecular weight excluding hydrogens is 255 g/mol. The van der Waals surface area contributed by atoms with Crippen molar-refractivity contribution in [2.45, 2.75) is 37.8 Å². The minimum absolute atomic E-state index is 0.0760. The standard InChI is InChI=1S/C16H23FN2O/c17-15-5-1-4-14-13(15)6-7-16(14)19(9-10-20)11-12-3-2-8-18-12/h1,4-5,12,16,18,20H,2-3,6-11H2. The molecule has 2 N–H and O–H groups in total. The molecule has 2 atom stereocenters. The summed E-state index contributed by atoms with van der Waals surface area (Å²) in [5, 5.41) is 12.8. The molecule has 1 aromatic carbocycles. The summed E-state index contributed by atoms with van der Waals surface area (Å²) in [6.45, 7) is 2.86. The van der Waals surface area contributed by atoms with Gasteiger partial charge in [0.2, 0.25) is 0 Å². The number of rotatable bonds is 5. The normalized spacial score (nSPS) is 25.4. The monoisotopic (exact) mass is 278 g/mol. The lowest BCUT2D eigenvalue weighted by molar-refractivity contribution is 0.139. The molecule has 2 aliphatic rings. The fraction of sp³-hybridized carbons (Fsp3) is 0.625. The lowest BCUT2D eigenvalue weighted by Crippen LogP contribution is -2.40. The molecule has 20 heavy (non-hydrogen) atoms. The molecule has 2 unspecified atom stereocenters. The van der Waals surface area contributed by atoms with Gasteiger partial charge in [-0.25, -0.2) is 4.39 Å². The second-order valence-electron chi connectivity index (χ2n) is 5.87. The van der Waals surface area contributed by atoms with Gasteiger partial charge in [0.05, 0.1) is 6.61 Å². The number of nitrogens with one attached hydrogen (secondary N) is 1. The van der Waals surface area contributed by atoms with E-state index in [9.17, 15) is 9.50 Å². The third-order valence-corrected chi connectivity index (χ3v) is 4.63. The SMILES string of the molecule is OCCN(CC1CCCN1)C1CCc2c(F)cccc21. The fourth-order valence-electron chi connectivity index (χ4n) is 3.67. The van der Waals surface area contributed by atoms with Crippen molar-refractivity contribution in [2.24, 2.45) is 0 Å². The number of nitrogens with zero attached hydrogens (tertiary/aromatic N) is 1. The summed E-state index contributed by atoms with van der Waals surface area (Å²) in [5.74, 6) is -0.0760. The van der Waals surface area contributed by atoms with Crippen molar-refractivity contribution in [2.75, 3.05) is 26.2 Å². The van der Waals surface area contributed by atoms with Gasteiger partial charge in [-0.1, -0.05) is 12.1 Å². The minimum atomic E-state index is -0.0760. The maximum atomic E-state index is 13.8. The Hall–Kier alpha value is -0.970. The van der Waals surface area contributed by atoms with Crippen LogP contribution in [0.1, 0.15) is 36.4 Å². The van der Waals surface area contributed by atoms with Crippen LogP contribution in [0.25, 0.3) is 0 Å². The van der Waals surface area contributed by atoms with Gasteiger partial charge in [0.15, 0.2) is 0 Å². The summed E-state index contributed by atoms with van der Waals surface area (Å²) in [6.07, 6.45) is 4.20. The summed E-state index contributed by atoms with van der Waals surface area (Å²) in [4.78, 5) is 2.33. The van der Waals surface area contributed by atoms with Gasteiger partial charge in [-0.15, -0.1) is 0 Å². The second kappa shape index (κ2) is 6.20. The van der Waals surface area contributed by atoms with Crippen LogP contribution >= 0.6 is 0 Å². The smallest absolute Gasteiger partial charge is 0.126 e. The number of aliphatic hydroxyl groups is 1. The first-order valence-corrected chi connectivity index (χ1v) is 7.65. The van der Waals surface area contributed by atoms with E-state index < -0.39 is 0 Å². The average molecular weight is 278 g/mol. The Labute approximate surface area is 119 Å². The Balaban J connectivity index is 1.77. The molecule has 1 aliphatic carbocycles. The van der Waals surface area contributed by atoms with E-state index in [1.54, 1.807) is 12.1 Å². The van der Waals surface area contributed by atoms with Gasteiger partial charge >= 0.3 is 0 Å². The van der Waals surface area contributed by atoms with Gasteiger partial charge in [0.1, 0.15) is 5.82 Å². The van der Waals surface area contributed by atoms with Crippen LogP contribution in [0.5, 0.6) is 0 Å². The predicted octanol–water partition coefficient (Wildman–Crippen LogP) is 1.86. The van der Waals surface area contributed by atoms with E-state index in [1.807, 2.05) is 6.07 Å². The fourth-order valence-corrected chi connectivity index (χ4v) is 3.67. The lowest BCUT2D eigenvalue weighted by Gasteiger charge is -2.31. The third kappa shape index (κ3) is 2.73. The summed E-state index contributed by atoms with van der Waals surface area (Å²) in [7, 11) is 0. The molecule has 4 heteroatoms. The molecule has 1 heterocycles. The van der Waals surface area contributed by atoms with Crippen LogP contribution in [-0.4, -0.2) is 42.3 Å². The van der Waals surface area contributed by atoms with Crippen molar-refractivity contribution >= 4 is 0 Å². The van der Waals surface area contributed by atoms with Crippen molar-refractivity contribution in [1.29, 1.82) is 0 Å². The van der Waals surface area contributed by atoms with Crippen LogP contribution in [0.15, 0.2) is 18.2 Å². The molecule has 1 saturated heterocycles. The first-order chi connectivity index (χ1) is 9.79. The van der Waals surface area contributed by atoms with E-state index in [-0.39, 0.29) is 18.5 Å². The number of benzene rings is 1. The van der Waals surface area contributed by atoms with Gasteiger partial charge in [-0.3, -0.25) is 4.90 Å². The van der Waals surface area contributed by atoms with Gasteiger partial charge in [0, 0.05) is 25.2 Å². The maximum Gasteiger partial charge on any atom is 0.126 e. The number of hydrogen-bond acceptors (Lipinski definition) is 3. The predicted molar refractivity (Wildman–Crippen MR) is 77.1 cm³/mol. The van der Waals surface area contributed by atoms with Crippen LogP contribution in [0.2, 0.25) is 0 Å². The Kier molecular flexibility index (Phi) is 4.34. The quantitative estimate of drug-likeness (QED) is 0.863.